The molecule has 3 aromatic heterocycles. The van der Waals surface area contributed by atoms with Crippen LogP contribution in [0.4, 0.5) is 10.2 Å². The minimum absolute atomic E-state index is 0.257. The van der Waals surface area contributed by atoms with E-state index in [1.807, 2.05) is 35.4 Å². The fraction of sp³-hybridized carbons (Fsp3) is 0.167. The van der Waals surface area contributed by atoms with Gasteiger partial charge in [0.1, 0.15) is 11.6 Å². The van der Waals surface area contributed by atoms with Crippen LogP contribution in [0, 0.1) is 5.82 Å². The zero-order chi connectivity index (χ0) is 17.1. The van der Waals surface area contributed by atoms with Crippen LogP contribution in [0.15, 0.2) is 61.3 Å². The van der Waals surface area contributed by atoms with Gasteiger partial charge in [0.2, 0.25) is 0 Å². The lowest BCUT2D eigenvalue weighted by molar-refractivity contribution is 0.628. The van der Waals surface area contributed by atoms with E-state index in [2.05, 4.69) is 20.4 Å². The van der Waals surface area contributed by atoms with Gasteiger partial charge in [0, 0.05) is 43.3 Å². The van der Waals surface area contributed by atoms with Crippen molar-refractivity contribution in [2.24, 2.45) is 0 Å². The normalized spacial score (nSPS) is 11.1. The SMILES string of the molecule is Fc1ccc(-c2cc3nc(NCCCn4ccnc4)ccn3n2)cc1. The molecule has 0 saturated carbocycles. The van der Waals surface area contributed by atoms with Gasteiger partial charge in [0.05, 0.1) is 12.0 Å². The minimum atomic E-state index is -0.257. The zero-order valence-electron chi connectivity index (χ0n) is 13.5. The topological polar surface area (TPSA) is 60.0 Å². The predicted octanol–water partition coefficient (Wildman–Crippen LogP) is 3.23. The van der Waals surface area contributed by atoms with Crippen LogP contribution in [0.5, 0.6) is 0 Å². The number of hydrogen-bond acceptors (Lipinski definition) is 4. The van der Waals surface area contributed by atoms with Gasteiger partial charge in [-0.1, -0.05) is 0 Å². The van der Waals surface area contributed by atoms with Crippen molar-refractivity contribution in [2.75, 3.05) is 11.9 Å². The molecule has 0 amide bonds. The lowest BCUT2D eigenvalue weighted by Gasteiger charge is -2.06. The van der Waals surface area contributed by atoms with Crippen molar-refractivity contribution < 1.29 is 4.39 Å². The summed E-state index contributed by atoms with van der Waals surface area (Å²) in [7, 11) is 0. The molecule has 25 heavy (non-hydrogen) atoms. The van der Waals surface area contributed by atoms with Crippen molar-refractivity contribution in [1.29, 1.82) is 0 Å². The van der Waals surface area contributed by atoms with Crippen molar-refractivity contribution in [2.45, 2.75) is 13.0 Å². The summed E-state index contributed by atoms with van der Waals surface area (Å²) in [6.45, 7) is 1.73. The maximum absolute atomic E-state index is 13.0. The Morgan fingerprint density at radius 2 is 1.96 bits per heavy atom. The third-order valence-corrected chi connectivity index (χ3v) is 3.92. The number of nitrogens with zero attached hydrogens (tertiary/aromatic N) is 5. The Hall–Kier alpha value is -3.22. The van der Waals surface area contributed by atoms with Crippen LogP contribution in [-0.2, 0) is 6.54 Å². The molecular weight excluding hydrogens is 319 g/mol. The quantitative estimate of drug-likeness (QED) is 0.549. The summed E-state index contributed by atoms with van der Waals surface area (Å²) in [6, 6.07) is 10.1. The lowest BCUT2D eigenvalue weighted by Crippen LogP contribution is -2.07. The molecular formula is C18H17FN6. The van der Waals surface area contributed by atoms with Gasteiger partial charge in [-0.25, -0.2) is 18.9 Å². The van der Waals surface area contributed by atoms with Crippen LogP contribution in [0.2, 0.25) is 0 Å². The number of rotatable bonds is 6. The summed E-state index contributed by atoms with van der Waals surface area (Å²) in [5, 5.41) is 7.80. The first-order chi connectivity index (χ1) is 12.3. The first-order valence-electron chi connectivity index (χ1n) is 8.10. The molecule has 0 unspecified atom stereocenters. The molecule has 126 valence electrons. The third-order valence-electron chi connectivity index (χ3n) is 3.92. The molecule has 4 aromatic rings. The average Bonchev–Trinajstić information content (AvgIpc) is 3.28. The highest BCUT2D eigenvalue weighted by atomic mass is 19.1. The summed E-state index contributed by atoms with van der Waals surface area (Å²) in [4.78, 5) is 8.59. The smallest absolute Gasteiger partial charge is 0.157 e. The first-order valence-corrected chi connectivity index (χ1v) is 8.10. The number of halogens is 1. The molecule has 1 N–H and O–H groups in total. The molecule has 0 bridgehead atoms. The van der Waals surface area contributed by atoms with Crippen molar-refractivity contribution in [3.05, 3.63) is 67.1 Å². The van der Waals surface area contributed by atoms with Gasteiger partial charge in [-0.15, -0.1) is 0 Å². The van der Waals surface area contributed by atoms with Crippen molar-refractivity contribution >= 4 is 11.5 Å². The monoisotopic (exact) mass is 336 g/mol. The van der Waals surface area contributed by atoms with Crippen LogP contribution >= 0.6 is 0 Å². The van der Waals surface area contributed by atoms with Gasteiger partial charge >= 0.3 is 0 Å². The number of hydrogen-bond donors (Lipinski definition) is 1. The fourth-order valence-electron chi connectivity index (χ4n) is 2.64. The number of aryl methyl sites for hydroxylation is 1. The summed E-state index contributed by atoms with van der Waals surface area (Å²) in [5.41, 5.74) is 2.38. The van der Waals surface area contributed by atoms with E-state index in [4.69, 9.17) is 0 Å². The molecule has 0 spiro atoms. The lowest BCUT2D eigenvalue weighted by atomic mass is 10.1. The molecule has 0 aliphatic carbocycles. The van der Waals surface area contributed by atoms with E-state index in [1.165, 1.54) is 12.1 Å². The summed E-state index contributed by atoms with van der Waals surface area (Å²) < 4.78 is 16.8. The summed E-state index contributed by atoms with van der Waals surface area (Å²) in [5.74, 6) is 0.552. The van der Waals surface area contributed by atoms with Crippen molar-refractivity contribution in [1.82, 2.24) is 24.1 Å². The van der Waals surface area contributed by atoms with Crippen molar-refractivity contribution in [3.8, 4) is 11.3 Å². The highest BCUT2D eigenvalue weighted by Gasteiger charge is 2.06. The fourth-order valence-corrected chi connectivity index (χ4v) is 2.64. The molecule has 1 aromatic carbocycles. The minimum Gasteiger partial charge on any atom is -0.370 e. The maximum Gasteiger partial charge on any atom is 0.157 e. The Labute approximate surface area is 144 Å². The Morgan fingerprint density at radius 1 is 1.08 bits per heavy atom. The van der Waals surface area contributed by atoms with E-state index in [9.17, 15) is 4.39 Å². The largest absolute Gasteiger partial charge is 0.370 e. The average molecular weight is 336 g/mol. The van der Waals surface area contributed by atoms with Gasteiger partial charge in [0.25, 0.3) is 0 Å². The van der Waals surface area contributed by atoms with Gasteiger partial charge in [-0.3, -0.25) is 0 Å². The molecule has 3 heterocycles. The molecule has 0 aliphatic rings. The second-order valence-corrected chi connectivity index (χ2v) is 5.73. The van der Waals surface area contributed by atoms with E-state index in [0.717, 1.165) is 42.2 Å². The van der Waals surface area contributed by atoms with Crippen LogP contribution in [-0.4, -0.2) is 30.7 Å². The highest BCUT2D eigenvalue weighted by molar-refractivity contribution is 5.64. The van der Waals surface area contributed by atoms with Crippen LogP contribution in [0.1, 0.15) is 6.42 Å². The number of nitrogens with one attached hydrogen (secondary N) is 1. The molecule has 0 aliphatic heterocycles. The summed E-state index contributed by atoms with van der Waals surface area (Å²) in [6.07, 6.45) is 8.39. The van der Waals surface area contributed by atoms with E-state index in [0.29, 0.717) is 0 Å². The Kier molecular flexibility index (Phi) is 4.12. The van der Waals surface area contributed by atoms with Gasteiger partial charge in [-0.05, 0) is 36.8 Å². The van der Waals surface area contributed by atoms with Crippen LogP contribution in [0.25, 0.3) is 16.9 Å². The number of imidazole rings is 1. The number of aromatic nitrogens is 5. The summed E-state index contributed by atoms with van der Waals surface area (Å²) >= 11 is 0. The molecule has 7 heteroatoms. The molecule has 0 fully saturated rings. The highest BCUT2D eigenvalue weighted by Crippen LogP contribution is 2.20. The second-order valence-electron chi connectivity index (χ2n) is 5.73. The van der Waals surface area contributed by atoms with E-state index >= 15 is 0 Å². The number of benzene rings is 1. The zero-order valence-corrected chi connectivity index (χ0v) is 13.5. The van der Waals surface area contributed by atoms with E-state index in [1.54, 1.807) is 22.8 Å². The van der Waals surface area contributed by atoms with Crippen molar-refractivity contribution in [3.63, 3.8) is 0 Å². The third kappa shape index (κ3) is 3.50. The second kappa shape index (κ2) is 6.72. The first kappa shape index (κ1) is 15.3. The Balaban J connectivity index is 1.43. The number of anilines is 1. The van der Waals surface area contributed by atoms with Crippen LogP contribution in [0.3, 0.4) is 0 Å². The molecule has 0 radical (unpaired) electrons. The molecule has 0 atom stereocenters. The maximum atomic E-state index is 13.0. The molecule has 4 rings (SSSR count). The Morgan fingerprint density at radius 3 is 2.76 bits per heavy atom. The van der Waals surface area contributed by atoms with E-state index in [-0.39, 0.29) is 5.82 Å². The van der Waals surface area contributed by atoms with E-state index < -0.39 is 0 Å². The van der Waals surface area contributed by atoms with Gasteiger partial charge < -0.3 is 9.88 Å². The van der Waals surface area contributed by atoms with Crippen LogP contribution < -0.4 is 5.32 Å². The molecule has 0 saturated heterocycles. The predicted molar refractivity (Wildman–Crippen MR) is 93.7 cm³/mol. The Bertz CT molecular complexity index is 959. The van der Waals surface area contributed by atoms with Gasteiger partial charge in [-0.2, -0.15) is 5.10 Å². The van der Waals surface area contributed by atoms with Gasteiger partial charge in [0.15, 0.2) is 5.65 Å². The molecule has 6 nitrogen and oxygen atoms in total. The standard InChI is InChI=1S/C18H17FN6/c19-15-4-2-14(3-5-15)16-12-18-22-17(6-10-25(18)23-16)21-7-1-9-24-11-8-20-13-24/h2-6,8,10-13H,1,7,9H2,(H,21,22). The number of fused-ring (bicyclic) bond motifs is 1.